The Hall–Kier alpha value is -0.860. The number of benzene rings is 1. The van der Waals surface area contributed by atoms with Gasteiger partial charge >= 0.3 is 0 Å². The molecule has 0 amide bonds. The number of nitrogens with two attached hydrogens (primary N) is 1. The van der Waals surface area contributed by atoms with Crippen molar-refractivity contribution in [3.63, 3.8) is 0 Å². The highest BCUT2D eigenvalue weighted by Crippen LogP contribution is 2.30. The van der Waals surface area contributed by atoms with Crippen LogP contribution < -0.4 is 5.73 Å². The molecule has 0 aliphatic carbocycles. The van der Waals surface area contributed by atoms with Crippen molar-refractivity contribution in [2.45, 2.75) is 58.5 Å². The van der Waals surface area contributed by atoms with E-state index in [-0.39, 0.29) is 0 Å². The lowest BCUT2D eigenvalue weighted by atomic mass is 9.91. The molecule has 0 saturated carbocycles. The molecule has 1 heterocycles. The molecule has 2 rings (SSSR count). The van der Waals surface area contributed by atoms with Crippen molar-refractivity contribution >= 4 is 0 Å². The fourth-order valence-corrected chi connectivity index (χ4v) is 3.32. The summed E-state index contributed by atoms with van der Waals surface area (Å²) in [6, 6.07) is 10.1. The first-order valence-corrected chi connectivity index (χ1v) is 8.08. The molecular formula is C18H30N2. The molecule has 3 atom stereocenters. The standard InChI is InChI=1S/C18H30N2/c1-13(2)16-7-9-17(10-8-16)18(11-19)20-12-14(3)5-6-15(20)4/h7-10,13-15,18H,5-6,11-12,19H2,1-4H3. The number of hydrogen-bond donors (Lipinski definition) is 1. The summed E-state index contributed by atoms with van der Waals surface area (Å²) in [5.74, 6) is 1.38. The minimum Gasteiger partial charge on any atom is -0.329 e. The summed E-state index contributed by atoms with van der Waals surface area (Å²) < 4.78 is 0. The van der Waals surface area contributed by atoms with Crippen LogP contribution in [0.25, 0.3) is 0 Å². The van der Waals surface area contributed by atoms with E-state index in [4.69, 9.17) is 5.73 Å². The average molecular weight is 274 g/mol. The van der Waals surface area contributed by atoms with Gasteiger partial charge in [0.25, 0.3) is 0 Å². The summed E-state index contributed by atoms with van der Waals surface area (Å²) in [6.45, 7) is 11.1. The Bertz CT molecular complexity index is 410. The molecule has 0 bridgehead atoms. The Labute approximate surface area is 124 Å². The Balaban J connectivity index is 2.18. The Morgan fingerprint density at radius 2 is 1.70 bits per heavy atom. The minimum atomic E-state index is 0.369. The topological polar surface area (TPSA) is 29.3 Å². The Kier molecular flexibility index (Phi) is 5.22. The van der Waals surface area contributed by atoms with Crippen LogP contribution in [0.1, 0.15) is 63.6 Å². The molecule has 1 aliphatic heterocycles. The van der Waals surface area contributed by atoms with Gasteiger partial charge in [0.15, 0.2) is 0 Å². The van der Waals surface area contributed by atoms with Gasteiger partial charge in [-0.3, -0.25) is 4.90 Å². The molecule has 1 aliphatic rings. The van der Waals surface area contributed by atoms with Gasteiger partial charge in [-0.2, -0.15) is 0 Å². The number of nitrogens with zero attached hydrogens (tertiary/aromatic N) is 1. The monoisotopic (exact) mass is 274 g/mol. The highest BCUT2D eigenvalue weighted by atomic mass is 15.2. The second kappa shape index (κ2) is 6.73. The van der Waals surface area contributed by atoms with Crippen LogP contribution in [-0.4, -0.2) is 24.0 Å². The van der Waals surface area contributed by atoms with Gasteiger partial charge in [0.1, 0.15) is 0 Å². The molecule has 2 nitrogen and oxygen atoms in total. The van der Waals surface area contributed by atoms with Gasteiger partial charge in [-0.05, 0) is 42.7 Å². The highest BCUT2D eigenvalue weighted by molar-refractivity contribution is 5.27. The van der Waals surface area contributed by atoms with Crippen molar-refractivity contribution in [1.82, 2.24) is 4.90 Å². The first-order chi connectivity index (χ1) is 9.52. The third-order valence-corrected chi connectivity index (χ3v) is 4.78. The van der Waals surface area contributed by atoms with Crippen LogP contribution in [0.3, 0.4) is 0 Å². The van der Waals surface area contributed by atoms with Crippen molar-refractivity contribution in [2.75, 3.05) is 13.1 Å². The van der Waals surface area contributed by atoms with Gasteiger partial charge in [-0.25, -0.2) is 0 Å². The number of hydrogen-bond acceptors (Lipinski definition) is 2. The summed E-state index contributed by atoms with van der Waals surface area (Å²) in [7, 11) is 0. The lowest BCUT2D eigenvalue weighted by Gasteiger charge is -2.42. The summed E-state index contributed by atoms with van der Waals surface area (Å²) in [5.41, 5.74) is 8.88. The van der Waals surface area contributed by atoms with Crippen molar-refractivity contribution in [3.8, 4) is 0 Å². The van der Waals surface area contributed by atoms with E-state index >= 15 is 0 Å². The first-order valence-electron chi connectivity index (χ1n) is 8.08. The molecule has 2 heteroatoms. The largest absolute Gasteiger partial charge is 0.329 e. The van der Waals surface area contributed by atoms with Crippen molar-refractivity contribution in [3.05, 3.63) is 35.4 Å². The van der Waals surface area contributed by atoms with E-state index in [0.29, 0.717) is 24.5 Å². The Morgan fingerprint density at radius 3 is 2.25 bits per heavy atom. The van der Waals surface area contributed by atoms with Gasteiger partial charge in [-0.1, -0.05) is 45.0 Å². The Morgan fingerprint density at radius 1 is 1.10 bits per heavy atom. The van der Waals surface area contributed by atoms with E-state index in [1.54, 1.807) is 0 Å². The van der Waals surface area contributed by atoms with E-state index < -0.39 is 0 Å². The van der Waals surface area contributed by atoms with Gasteiger partial charge in [0, 0.05) is 25.2 Å². The molecule has 112 valence electrons. The predicted molar refractivity (Wildman–Crippen MR) is 86.9 cm³/mol. The molecule has 1 aromatic carbocycles. The van der Waals surface area contributed by atoms with Gasteiger partial charge in [0.05, 0.1) is 0 Å². The van der Waals surface area contributed by atoms with Crippen LogP contribution in [0.2, 0.25) is 0 Å². The quantitative estimate of drug-likeness (QED) is 0.901. The molecule has 0 radical (unpaired) electrons. The molecule has 1 aromatic rings. The van der Waals surface area contributed by atoms with Crippen molar-refractivity contribution in [1.29, 1.82) is 0 Å². The zero-order valence-electron chi connectivity index (χ0n) is 13.5. The maximum absolute atomic E-state index is 6.10. The van der Waals surface area contributed by atoms with E-state index in [1.807, 2.05) is 0 Å². The molecule has 20 heavy (non-hydrogen) atoms. The zero-order chi connectivity index (χ0) is 14.7. The molecule has 3 unspecified atom stereocenters. The average Bonchev–Trinajstić information content (AvgIpc) is 2.44. The summed E-state index contributed by atoms with van der Waals surface area (Å²) in [4.78, 5) is 2.61. The molecule has 1 fully saturated rings. The van der Waals surface area contributed by atoms with E-state index in [2.05, 4.69) is 56.9 Å². The van der Waals surface area contributed by atoms with Crippen LogP contribution >= 0.6 is 0 Å². The molecule has 2 N–H and O–H groups in total. The van der Waals surface area contributed by atoms with Crippen LogP contribution in [0.5, 0.6) is 0 Å². The summed E-state index contributed by atoms with van der Waals surface area (Å²) in [6.07, 6.45) is 2.64. The maximum Gasteiger partial charge on any atom is 0.0473 e. The van der Waals surface area contributed by atoms with Gasteiger partial charge in [-0.15, -0.1) is 0 Å². The smallest absolute Gasteiger partial charge is 0.0473 e. The highest BCUT2D eigenvalue weighted by Gasteiger charge is 2.29. The molecule has 0 spiro atoms. The number of likely N-dealkylation sites (tertiary alicyclic amines) is 1. The fourth-order valence-electron chi connectivity index (χ4n) is 3.32. The SMILES string of the molecule is CC1CCC(C)N(C(CN)c2ccc(C(C)C)cc2)C1. The lowest BCUT2D eigenvalue weighted by Crippen LogP contribution is -2.45. The van der Waals surface area contributed by atoms with Crippen LogP contribution in [0.4, 0.5) is 0 Å². The molecule has 1 saturated heterocycles. The van der Waals surface area contributed by atoms with E-state index in [0.717, 1.165) is 5.92 Å². The number of rotatable bonds is 4. The van der Waals surface area contributed by atoms with E-state index in [1.165, 1.54) is 30.5 Å². The first kappa shape index (κ1) is 15.5. The van der Waals surface area contributed by atoms with Crippen LogP contribution in [0.15, 0.2) is 24.3 Å². The van der Waals surface area contributed by atoms with Gasteiger partial charge in [0.2, 0.25) is 0 Å². The third kappa shape index (κ3) is 3.42. The maximum atomic E-state index is 6.10. The minimum absolute atomic E-state index is 0.369. The fraction of sp³-hybridized carbons (Fsp3) is 0.667. The number of piperidine rings is 1. The van der Waals surface area contributed by atoms with Crippen molar-refractivity contribution in [2.24, 2.45) is 11.7 Å². The summed E-state index contributed by atoms with van der Waals surface area (Å²) in [5, 5.41) is 0. The van der Waals surface area contributed by atoms with Crippen molar-refractivity contribution < 1.29 is 0 Å². The zero-order valence-corrected chi connectivity index (χ0v) is 13.5. The third-order valence-electron chi connectivity index (χ3n) is 4.78. The normalized spacial score (nSPS) is 25.9. The van der Waals surface area contributed by atoms with E-state index in [9.17, 15) is 0 Å². The lowest BCUT2D eigenvalue weighted by molar-refractivity contribution is 0.0798. The van der Waals surface area contributed by atoms with Crippen LogP contribution in [-0.2, 0) is 0 Å². The second-order valence-corrected chi connectivity index (χ2v) is 6.80. The molecular weight excluding hydrogens is 244 g/mol. The second-order valence-electron chi connectivity index (χ2n) is 6.80. The van der Waals surface area contributed by atoms with Crippen LogP contribution in [0, 0.1) is 5.92 Å². The predicted octanol–water partition coefficient (Wildman–Crippen LogP) is 3.93. The summed E-state index contributed by atoms with van der Waals surface area (Å²) >= 11 is 0. The molecule has 0 aromatic heterocycles. The van der Waals surface area contributed by atoms with Gasteiger partial charge < -0.3 is 5.73 Å².